The highest BCUT2D eigenvalue weighted by Crippen LogP contribution is 2.35. The second-order valence-corrected chi connectivity index (χ2v) is 4.68. The van der Waals surface area contributed by atoms with E-state index < -0.39 is 0 Å². The number of hydrogen-bond donors (Lipinski definition) is 2. The minimum absolute atomic E-state index is 0.0157. The molecule has 0 heterocycles. The molecule has 82 valence electrons. The summed E-state index contributed by atoms with van der Waals surface area (Å²) in [4.78, 5) is 11.9. The van der Waals surface area contributed by atoms with E-state index in [0.29, 0.717) is 0 Å². The lowest BCUT2D eigenvalue weighted by atomic mass is 9.75. The molecular weight excluding hydrogens is 178 g/mol. The molecule has 2 N–H and O–H groups in total. The van der Waals surface area contributed by atoms with Crippen molar-refractivity contribution in [2.24, 2.45) is 5.41 Å². The fourth-order valence-electron chi connectivity index (χ4n) is 2.00. The van der Waals surface area contributed by atoms with Gasteiger partial charge in [0, 0.05) is 11.5 Å². The molecule has 0 aromatic heterocycles. The van der Waals surface area contributed by atoms with Crippen LogP contribution in [0.15, 0.2) is 0 Å². The molecule has 14 heavy (non-hydrogen) atoms. The van der Waals surface area contributed by atoms with Crippen molar-refractivity contribution < 1.29 is 9.90 Å². The van der Waals surface area contributed by atoms with Crippen molar-refractivity contribution in [2.75, 3.05) is 6.61 Å². The maximum absolute atomic E-state index is 11.9. The van der Waals surface area contributed by atoms with Gasteiger partial charge in [-0.05, 0) is 19.8 Å². The first-order valence-electron chi connectivity index (χ1n) is 5.50. The predicted molar refractivity (Wildman–Crippen MR) is 55.9 cm³/mol. The van der Waals surface area contributed by atoms with Gasteiger partial charge in [0.05, 0.1) is 6.61 Å². The van der Waals surface area contributed by atoms with Crippen molar-refractivity contribution in [3.63, 3.8) is 0 Å². The minimum Gasteiger partial charge on any atom is -0.394 e. The van der Waals surface area contributed by atoms with E-state index in [4.69, 9.17) is 5.11 Å². The van der Waals surface area contributed by atoms with Crippen LogP contribution in [0.3, 0.4) is 0 Å². The van der Waals surface area contributed by atoms with Crippen LogP contribution in [0.2, 0.25) is 0 Å². The Morgan fingerprint density at radius 1 is 1.43 bits per heavy atom. The standard InChI is InChI=1S/C11H21NO2/c1-9(8-13)12-10(14)11(2)6-4-3-5-7-11/h9,13H,3-8H2,1-2H3,(H,12,14)/t9-/m0/s1. The summed E-state index contributed by atoms with van der Waals surface area (Å²) in [7, 11) is 0. The Hall–Kier alpha value is -0.570. The van der Waals surface area contributed by atoms with Crippen molar-refractivity contribution in [1.29, 1.82) is 0 Å². The molecule has 1 amide bonds. The molecule has 0 aromatic carbocycles. The number of amides is 1. The largest absolute Gasteiger partial charge is 0.394 e. The summed E-state index contributed by atoms with van der Waals surface area (Å²) >= 11 is 0. The van der Waals surface area contributed by atoms with Gasteiger partial charge in [-0.15, -0.1) is 0 Å². The smallest absolute Gasteiger partial charge is 0.226 e. The fraction of sp³-hybridized carbons (Fsp3) is 0.909. The summed E-state index contributed by atoms with van der Waals surface area (Å²) in [6, 6.07) is -0.124. The number of hydrogen-bond acceptors (Lipinski definition) is 2. The third-order valence-electron chi connectivity index (χ3n) is 3.16. The summed E-state index contributed by atoms with van der Waals surface area (Å²) in [6.45, 7) is 3.87. The molecule has 1 saturated carbocycles. The lowest BCUT2D eigenvalue weighted by Crippen LogP contribution is -2.45. The zero-order chi connectivity index (χ0) is 10.6. The number of rotatable bonds is 3. The fourth-order valence-corrected chi connectivity index (χ4v) is 2.00. The third-order valence-corrected chi connectivity index (χ3v) is 3.16. The van der Waals surface area contributed by atoms with E-state index >= 15 is 0 Å². The van der Waals surface area contributed by atoms with Crippen LogP contribution >= 0.6 is 0 Å². The normalized spacial score (nSPS) is 22.8. The van der Waals surface area contributed by atoms with Gasteiger partial charge in [-0.25, -0.2) is 0 Å². The number of aliphatic hydroxyl groups excluding tert-OH is 1. The van der Waals surface area contributed by atoms with Gasteiger partial charge in [0.2, 0.25) is 5.91 Å². The molecular formula is C11H21NO2. The Morgan fingerprint density at radius 3 is 2.50 bits per heavy atom. The average Bonchev–Trinajstić information content (AvgIpc) is 2.18. The molecule has 0 saturated heterocycles. The third kappa shape index (κ3) is 2.71. The predicted octanol–water partition coefficient (Wildman–Crippen LogP) is 1.45. The van der Waals surface area contributed by atoms with Crippen LogP contribution < -0.4 is 5.32 Å². The second kappa shape index (κ2) is 4.78. The molecule has 3 nitrogen and oxygen atoms in total. The highest BCUT2D eigenvalue weighted by atomic mass is 16.3. The Balaban J connectivity index is 2.49. The van der Waals surface area contributed by atoms with Gasteiger partial charge in [0.15, 0.2) is 0 Å². The Morgan fingerprint density at radius 2 is 2.00 bits per heavy atom. The molecule has 3 heteroatoms. The van der Waals surface area contributed by atoms with Crippen LogP contribution in [0.1, 0.15) is 46.0 Å². The van der Waals surface area contributed by atoms with E-state index in [2.05, 4.69) is 5.32 Å². The van der Waals surface area contributed by atoms with E-state index in [0.717, 1.165) is 25.7 Å². The number of aliphatic hydroxyl groups is 1. The monoisotopic (exact) mass is 199 g/mol. The topological polar surface area (TPSA) is 49.3 Å². The Bertz CT molecular complexity index is 197. The molecule has 0 radical (unpaired) electrons. The molecule has 1 rings (SSSR count). The summed E-state index contributed by atoms with van der Waals surface area (Å²) in [5, 5.41) is 11.7. The molecule has 1 fully saturated rings. The Kier molecular flexibility index (Phi) is 3.93. The van der Waals surface area contributed by atoms with Crippen LogP contribution in [-0.2, 0) is 4.79 Å². The molecule has 1 atom stereocenters. The second-order valence-electron chi connectivity index (χ2n) is 4.68. The Labute approximate surface area is 85.9 Å². The molecule has 0 bridgehead atoms. The molecule has 1 aliphatic rings. The molecule has 0 spiro atoms. The number of carbonyl (C=O) groups is 1. The van der Waals surface area contributed by atoms with Gasteiger partial charge in [0.25, 0.3) is 0 Å². The first-order chi connectivity index (χ1) is 6.58. The zero-order valence-corrected chi connectivity index (χ0v) is 9.18. The van der Waals surface area contributed by atoms with Gasteiger partial charge >= 0.3 is 0 Å². The van der Waals surface area contributed by atoms with Crippen LogP contribution in [0, 0.1) is 5.41 Å². The lowest BCUT2D eigenvalue weighted by molar-refractivity contribution is -0.132. The minimum atomic E-state index is -0.193. The van der Waals surface area contributed by atoms with E-state index in [-0.39, 0.29) is 24.0 Å². The lowest BCUT2D eigenvalue weighted by Gasteiger charge is -2.32. The quantitative estimate of drug-likeness (QED) is 0.723. The average molecular weight is 199 g/mol. The van der Waals surface area contributed by atoms with Crippen molar-refractivity contribution in [3.05, 3.63) is 0 Å². The van der Waals surface area contributed by atoms with Crippen molar-refractivity contribution in [2.45, 2.75) is 52.0 Å². The molecule has 0 aliphatic heterocycles. The maximum atomic E-state index is 11.9. The maximum Gasteiger partial charge on any atom is 0.226 e. The van der Waals surface area contributed by atoms with Crippen molar-refractivity contribution in [1.82, 2.24) is 5.32 Å². The molecule has 0 aromatic rings. The summed E-state index contributed by atoms with van der Waals surface area (Å²) in [5.74, 6) is 0.110. The van der Waals surface area contributed by atoms with E-state index in [1.807, 2.05) is 13.8 Å². The van der Waals surface area contributed by atoms with Gasteiger partial charge in [-0.1, -0.05) is 26.2 Å². The molecule has 1 aliphatic carbocycles. The van der Waals surface area contributed by atoms with Crippen LogP contribution in [-0.4, -0.2) is 23.7 Å². The van der Waals surface area contributed by atoms with Gasteiger partial charge in [-0.2, -0.15) is 0 Å². The van der Waals surface area contributed by atoms with Crippen LogP contribution in [0.5, 0.6) is 0 Å². The summed E-state index contributed by atoms with van der Waals surface area (Å²) < 4.78 is 0. The van der Waals surface area contributed by atoms with Gasteiger partial charge in [-0.3, -0.25) is 4.79 Å². The molecule has 0 unspecified atom stereocenters. The van der Waals surface area contributed by atoms with E-state index in [1.165, 1.54) is 6.42 Å². The van der Waals surface area contributed by atoms with Crippen molar-refractivity contribution in [3.8, 4) is 0 Å². The summed E-state index contributed by atoms with van der Waals surface area (Å²) in [5.41, 5.74) is -0.193. The van der Waals surface area contributed by atoms with Crippen LogP contribution in [0.4, 0.5) is 0 Å². The number of carbonyl (C=O) groups excluding carboxylic acids is 1. The highest BCUT2D eigenvalue weighted by Gasteiger charge is 2.34. The van der Waals surface area contributed by atoms with Gasteiger partial charge in [0.1, 0.15) is 0 Å². The SMILES string of the molecule is C[C@@H](CO)NC(=O)C1(C)CCCCC1. The summed E-state index contributed by atoms with van der Waals surface area (Å²) in [6.07, 6.45) is 5.52. The van der Waals surface area contributed by atoms with Crippen molar-refractivity contribution >= 4 is 5.91 Å². The van der Waals surface area contributed by atoms with E-state index in [1.54, 1.807) is 0 Å². The first-order valence-corrected chi connectivity index (χ1v) is 5.50. The highest BCUT2D eigenvalue weighted by molar-refractivity contribution is 5.82. The van der Waals surface area contributed by atoms with E-state index in [9.17, 15) is 4.79 Å². The van der Waals surface area contributed by atoms with Gasteiger partial charge < -0.3 is 10.4 Å². The zero-order valence-electron chi connectivity index (χ0n) is 9.18. The first kappa shape index (κ1) is 11.5. The number of nitrogens with one attached hydrogen (secondary N) is 1. The van der Waals surface area contributed by atoms with Crippen LogP contribution in [0.25, 0.3) is 0 Å².